The lowest BCUT2D eigenvalue weighted by molar-refractivity contribution is -0.00998. The van der Waals surface area contributed by atoms with Crippen molar-refractivity contribution in [2.75, 3.05) is 0 Å². The molecule has 1 aliphatic carbocycles. The summed E-state index contributed by atoms with van der Waals surface area (Å²) >= 11 is 6.26. The van der Waals surface area contributed by atoms with Crippen molar-refractivity contribution < 1.29 is 5.11 Å². The molecule has 0 bridgehead atoms. The zero-order valence-corrected chi connectivity index (χ0v) is 13.0. The third-order valence-electron chi connectivity index (χ3n) is 4.51. The molecule has 1 N–H and O–H groups in total. The summed E-state index contributed by atoms with van der Waals surface area (Å²) in [5, 5.41) is 15.8. The largest absolute Gasteiger partial charge is 0.390 e. The number of halogens is 1. The van der Waals surface area contributed by atoms with E-state index in [2.05, 4.69) is 12.0 Å². The van der Waals surface area contributed by atoms with Crippen molar-refractivity contribution in [2.24, 2.45) is 13.0 Å². The van der Waals surface area contributed by atoms with Crippen molar-refractivity contribution in [1.29, 1.82) is 0 Å². The average Bonchev–Trinajstić information content (AvgIpc) is 2.60. The standard InChI is InChI=1S/C15H25ClN2O/c1-4-5-12-6-8-15(19,9-7-12)10-13-11(2)17-18(3)14(13)16/h12,19H,4-10H2,1-3H3. The van der Waals surface area contributed by atoms with Crippen LogP contribution in [0.2, 0.25) is 5.15 Å². The SMILES string of the molecule is CCCC1CCC(O)(Cc2c(C)nn(C)c2Cl)CC1. The van der Waals surface area contributed by atoms with Gasteiger partial charge in [-0.05, 0) is 38.5 Å². The van der Waals surface area contributed by atoms with Gasteiger partial charge < -0.3 is 5.11 Å². The molecule has 108 valence electrons. The quantitative estimate of drug-likeness (QED) is 0.916. The van der Waals surface area contributed by atoms with Crippen molar-refractivity contribution >= 4 is 11.6 Å². The van der Waals surface area contributed by atoms with Gasteiger partial charge in [-0.15, -0.1) is 0 Å². The van der Waals surface area contributed by atoms with Gasteiger partial charge in [0.25, 0.3) is 0 Å². The molecule has 0 atom stereocenters. The van der Waals surface area contributed by atoms with Gasteiger partial charge in [-0.2, -0.15) is 5.10 Å². The second kappa shape index (κ2) is 5.84. The van der Waals surface area contributed by atoms with E-state index in [0.29, 0.717) is 11.6 Å². The van der Waals surface area contributed by atoms with E-state index in [4.69, 9.17) is 11.6 Å². The summed E-state index contributed by atoms with van der Waals surface area (Å²) in [7, 11) is 1.85. The van der Waals surface area contributed by atoms with Crippen LogP contribution in [0.1, 0.15) is 56.7 Å². The summed E-state index contributed by atoms with van der Waals surface area (Å²) in [6, 6.07) is 0. The van der Waals surface area contributed by atoms with E-state index < -0.39 is 5.60 Å². The first-order valence-corrected chi connectivity index (χ1v) is 7.73. The minimum Gasteiger partial charge on any atom is -0.390 e. The Morgan fingerprint density at radius 3 is 2.53 bits per heavy atom. The van der Waals surface area contributed by atoms with Crippen molar-refractivity contribution in [1.82, 2.24) is 9.78 Å². The molecule has 3 nitrogen and oxygen atoms in total. The Balaban J connectivity index is 2.03. The van der Waals surface area contributed by atoms with Crippen LogP contribution in [-0.2, 0) is 13.5 Å². The molecular weight excluding hydrogens is 260 g/mol. The molecule has 1 aromatic heterocycles. The Bertz CT molecular complexity index is 434. The molecule has 1 fully saturated rings. The van der Waals surface area contributed by atoms with E-state index in [1.54, 1.807) is 4.68 Å². The molecule has 19 heavy (non-hydrogen) atoms. The first-order valence-electron chi connectivity index (χ1n) is 7.35. The molecule has 1 saturated carbocycles. The van der Waals surface area contributed by atoms with Gasteiger partial charge in [0.2, 0.25) is 0 Å². The minimum atomic E-state index is -0.582. The van der Waals surface area contributed by atoms with Crippen molar-refractivity contribution in [3.63, 3.8) is 0 Å². The van der Waals surface area contributed by atoms with Crippen LogP contribution in [0.15, 0.2) is 0 Å². The fraction of sp³-hybridized carbons (Fsp3) is 0.800. The maximum absolute atomic E-state index is 10.8. The summed E-state index contributed by atoms with van der Waals surface area (Å²) in [4.78, 5) is 0. The molecule has 0 amide bonds. The van der Waals surface area contributed by atoms with Gasteiger partial charge in [-0.3, -0.25) is 4.68 Å². The lowest BCUT2D eigenvalue weighted by atomic mass is 9.75. The predicted molar refractivity (Wildman–Crippen MR) is 78.5 cm³/mol. The van der Waals surface area contributed by atoms with Crippen molar-refractivity contribution in [3.05, 3.63) is 16.4 Å². The van der Waals surface area contributed by atoms with Crippen LogP contribution < -0.4 is 0 Å². The summed E-state index contributed by atoms with van der Waals surface area (Å²) in [5.74, 6) is 0.802. The highest BCUT2D eigenvalue weighted by Gasteiger charge is 2.34. The topological polar surface area (TPSA) is 38.1 Å². The Labute approximate surface area is 121 Å². The van der Waals surface area contributed by atoms with E-state index in [-0.39, 0.29) is 0 Å². The van der Waals surface area contributed by atoms with Crippen LogP contribution in [0, 0.1) is 12.8 Å². The Kier molecular flexibility index (Phi) is 4.57. The van der Waals surface area contributed by atoms with Crippen LogP contribution in [0.25, 0.3) is 0 Å². The molecule has 0 saturated heterocycles. The number of aromatic nitrogens is 2. The van der Waals surface area contributed by atoms with Crippen LogP contribution in [0.3, 0.4) is 0 Å². The lowest BCUT2D eigenvalue weighted by Gasteiger charge is -2.36. The fourth-order valence-corrected chi connectivity index (χ4v) is 3.53. The molecule has 1 heterocycles. The molecule has 0 radical (unpaired) electrons. The Morgan fingerprint density at radius 2 is 2.05 bits per heavy atom. The molecule has 1 aromatic rings. The minimum absolute atomic E-state index is 0.582. The number of aryl methyl sites for hydroxylation is 2. The van der Waals surface area contributed by atoms with Crippen LogP contribution in [-0.4, -0.2) is 20.5 Å². The van der Waals surface area contributed by atoms with Crippen molar-refractivity contribution in [2.45, 2.75) is 64.4 Å². The normalized spacial score (nSPS) is 27.7. The number of nitrogens with zero attached hydrogens (tertiary/aromatic N) is 2. The van der Waals surface area contributed by atoms with Gasteiger partial charge in [-0.25, -0.2) is 0 Å². The zero-order chi connectivity index (χ0) is 14.0. The average molecular weight is 285 g/mol. The van der Waals surface area contributed by atoms with Gasteiger partial charge in [-0.1, -0.05) is 31.4 Å². The Morgan fingerprint density at radius 1 is 1.42 bits per heavy atom. The summed E-state index contributed by atoms with van der Waals surface area (Å²) in [5.41, 5.74) is 1.37. The van der Waals surface area contributed by atoms with Gasteiger partial charge in [0.1, 0.15) is 5.15 Å². The maximum Gasteiger partial charge on any atom is 0.130 e. The number of hydrogen-bond donors (Lipinski definition) is 1. The van der Waals surface area contributed by atoms with Gasteiger partial charge in [0.05, 0.1) is 11.3 Å². The third-order valence-corrected chi connectivity index (χ3v) is 4.98. The van der Waals surface area contributed by atoms with E-state index in [1.807, 2.05) is 14.0 Å². The summed E-state index contributed by atoms with van der Waals surface area (Å²) in [6.07, 6.45) is 7.25. The van der Waals surface area contributed by atoms with E-state index >= 15 is 0 Å². The number of hydrogen-bond acceptors (Lipinski definition) is 2. The Hall–Kier alpha value is -0.540. The fourth-order valence-electron chi connectivity index (χ4n) is 3.29. The van der Waals surface area contributed by atoms with Gasteiger partial charge >= 0.3 is 0 Å². The molecule has 0 spiro atoms. The highest BCUT2D eigenvalue weighted by atomic mass is 35.5. The molecule has 1 aliphatic rings. The van der Waals surface area contributed by atoms with Gasteiger partial charge in [0, 0.05) is 19.0 Å². The monoisotopic (exact) mass is 284 g/mol. The van der Waals surface area contributed by atoms with Crippen LogP contribution in [0.5, 0.6) is 0 Å². The number of rotatable bonds is 4. The smallest absolute Gasteiger partial charge is 0.130 e. The molecular formula is C15H25ClN2O. The molecule has 2 rings (SSSR count). The second-order valence-corrected chi connectivity index (χ2v) is 6.47. The highest BCUT2D eigenvalue weighted by molar-refractivity contribution is 6.30. The predicted octanol–water partition coefficient (Wildman–Crippen LogP) is 3.65. The van der Waals surface area contributed by atoms with E-state index in [1.165, 1.54) is 12.8 Å². The summed E-state index contributed by atoms with van der Waals surface area (Å²) < 4.78 is 1.69. The molecule has 0 aromatic carbocycles. The van der Waals surface area contributed by atoms with Crippen molar-refractivity contribution in [3.8, 4) is 0 Å². The van der Waals surface area contributed by atoms with Crippen LogP contribution >= 0.6 is 11.6 Å². The van der Waals surface area contributed by atoms with E-state index in [9.17, 15) is 5.11 Å². The highest BCUT2D eigenvalue weighted by Crippen LogP contribution is 2.37. The second-order valence-electron chi connectivity index (χ2n) is 6.11. The number of aliphatic hydroxyl groups is 1. The lowest BCUT2D eigenvalue weighted by Crippen LogP contribution is -2.36. The maximum atomic E-state index is 10.8. The first kappa shape index (κ1) is 14.9. The van der Waals surface area contributed by atoms with Crippen LogP contribution in [0.4, 0.5) is 0 Å². The first-order chi connectivity index (χ1) is 8.95. The summed E-state index contributed by atoms with van der Waals surface area (Å²) in [6.45, 7) is 4.20. The molecule has 0 unspecified atom stereocenters. The molecule has 4 heteroatoms. The zero-order valence-electron chi connectivity index (χ0n) is 12.2. The molecule has 0 aliphatic heterocycles. The van der Waals surface area contributed by atoms with Gasteiger partial charge in [0.15, 0.2) is 0 Å². The van der Waals surface area contributed by atoms with E-state index in [0.717, 1.165) is 42.9 Å². The third kappa shape index (κ3) is 3.32.